The van der Waals surface area contributed by atoms with Crippen LogP contribution >= 0.6 is 0 Å². The maximum Gasteiger partial charge on any atom is 0.334 e. The Kier molecular flexibility index (Phi) is 6.21. The molecule has 25 heavy (non-hydrogen) atoms. The quantitative estimate of drug-likeness (QED) is 0.657. The first-order valence-corrected chi connectivity index (χ1v) is 10.3. The Morgan fingerprint density at radius 2 is 2.08 bits per heavy atom. The average molecular weight is 367 g/mol. The summed E-state index contributed by atoms with van der Waals surface area (Å²) in [5.74, 6) is 0.100. The molecule has 2 atom stereocenters. The van der Waals surface area contributed by atoms with Gasteiger partial charge in [-0.05, 0) is 43.9 Å². The lowest BCUT2D eigenvalue weighted by atomic mass is 9.98. The number of rotatable bonds is 8. The first-order chi connectivity index (χ1) is 11.7. The second-order valence-corrected chi connectivity index (χ2v) is 8.85. The summed E-state index contributed by atoms with van der Waals surface area (Å²) in [6.45, 7) is 5.82. The Hall–Kier alpha value is -1.89. The number of hydrogen-bond donors (Lipinski definition) is 0. The minimum atomic E-state index is -3.34. The number of pyridine rings is 1. The number of hydrogen-bond acceptors (Lipinski definition) is 6. The summed E-state index contributed by atoms with van der Waals surface area (Å²) in [5.41, 5.74) is 1.27. The number of cyclic esters (lactones) is 1. The molecule has 0 fully saturated rings. The molecule has 0 radical (unpaired) electrons. The molecule has 0 bridgehead atoms. The number of ether oxygens (including phenoxy) is 2. The fraction of sp³-hybridized carbons (Fsp3) is 0.556. The minimum Gasteiger partial charge on any atom is -0.487 e. The Bertz CT molecular complexity index is 754. The number of aromatic nitrogens is 1. The van der Waals surface area contributed by atoms with Crippen molar-refractivity contribution in [3.63, 3.8) is 0 Å². The smallest absolute Gasteiger partial charge is 0.334 e. The molecule has 1 aromatic heterocycles. The number of esters is 1. The lowest BCUT2D eigenvalue weighted by Crippen LogP contribution is -2.41. The van der Waals surface area contributed by atoms with E-state index >= 15 is 0 Å². The second-order valence-electron chi connectivity index (χ2n) is 6.65. The van der Waals surface area contributed by atoms with E-state index in [4.69, 9.17) is 9.47 Å². The maximum absolute atomic E-state index is 12.3. The molecule has 0 saturated heterocycles. The van der Waals surface area contributed by atoms with Crippen LogP contribution in [0.1, 0.15) is 32.4 Å². The Morgan fingerprint density at radius 1 is 1.36 bits per heavy atom. The number of sulfone groups is 1. The molecular formula is C18H25NO5S. The number of carbonyl (C=O) groups excluding carboxylic acids is 1. The fourth-order valence-corrected chi connectivity index (χ4v) is 4.87. The molecule has 0 amide bonds. The van der Waals surface area contributed by atoms with Gasteiger partial charge in [-0.2, -0.15) is 0 Å². The van der Waals surface area contributed by atoms with E-state index < -0.39 is 21.2 Å². The van der Waals surface area contributed by atoms with Gasteiger partial charge in [-0.25, -0.2) is 13.2 Å². The standard InChI is InChI=1S/C18H25NO5S/c1-12(2)17(25(4,21)22)16(8-7-14-9-11-23-18(14)20)24-15-6-5-10-19-13(15)3/h5-6,9-10,12,16-17H,7-8,11H2,1-4H3. The molecule has 7 heteroatoms. The van der Waals surface area contributed by atoms with Gasteiger partial charge < -0.3 is 9.47 Å². The first-order valence-electron chi connectivity index (χ1n) is 8.33. The van der Waals surface area contributed by atoms with Crippen molar-refractivity contribution in [2.24, 2.45) is 5.92 Å². The molecule has 6 nitrogen and oxygen atoms in total. The van der Waals surface area contributed by atoms with Gasteiger partial charge in [0.25, 0.3) is 0 Å². The van der Waals surface area contributed by atoms with Gasteiger partial charge in [0.2, 0.25) is 0 Å². The number of nitrogens with zero attached hydrogens (tertiary/aromatic N) is 1. The molecule has 0 aromatic carbocycles. The molecule has 1 aliphatic heterocycles. The predicted molar refractivity (Wildman–Crippen MR) is 95.1 cm³/mol. The first kappa shape index (κ1) is 19.4. The van der Waals surface area contributed by atoms with Gasteiger partial charge in [0, 0.05) is 18.0 Å². The van der Waals surface area contributed by atoms with Gasteiger partial charge in [0.15, 0.2) is 9.84 Å². The van der Waals surface area contributed by atoms with Crippen LogP contribution in [0.2, 0.25) is 0 Å². The molecule has 2 unspecified atom stereocenters. The van der Waals surface area contributed by atoms with Gasteiger partial charge >= 0.3 is 5.97 Å². The van der Waals surface area contributed by atoms with Crippen LogP contribution in [0, 0.1) is 12.8 Å². The van der Waals surface area contributed by atoms with E-state index in [0.29, 0.717) is 29.9 Å². The molecule has 0 saturated carbocycles. The van der Waals surface area contributed by atoms with E-state index in [9.17, 15) is 13.2 Å². The molecule has 0 spiro atoms. The summed E-state index contributed by atoms with van der Waals surface area (Å²) >= 11 is 0. The highest BCUT2D eigenvalue weighted by molar-refractivity contribution is 7.91. The number of aryl methyl sites for hydroxylation is 1. The highest BCUT2D eigenvalue weighted by atomic mass is 32.2. The molecule has 1 aromatic rings. The van der Waals surface area contributed by atoms with Gasteiger partial charge in [0.1, 0.15) is 23.7 Å². The van der Waals surface area contributed by atoms with Gasteiger partial charge in [-0.15, -0.1) is 0 Å². The van der Waals surface area contributed by atoms with Crippen molar-refractivity contribution < 1.29 is 22.7 Å². The summed E-state index contributed by atoms with van der Waals surface area (Å²) in [6.07, 6.45) is 4.87. The van der Waals surface area contributed by atoms with Crippen molar-refractivity contribution in [3.05, 3.63) is 35.7 Å². The van der Waals surface area contributed by atoms with Crippen LogP contribution in [0.15, 0.2) is 30.0 Å². The summed E-state index contributed by atoms with van der Waals surface area (Å²) in [6, 6.07) is 3.53. The van der Waals surface area contributed by atoms with E-state index in [2.05, 4.69) is 4.98 Å². The largest absolute Gasteiger partial charge is 0.487 e. The average Bonchev–Trinajstić information content (AvgIpc) is 2.90. The monoisotopic (exact) mass is 367 g/mol. The summed E-state index contributed by atoms with van der Waals surface area (Å²) < 4.78 is 35.7. The van der Waals surface area contributed by atoms with Gasteiger partial charge in [-0.1, -0.05) is 13.8 Å². The van der Waals surface area contributed by atoms with Crippen LogP contribution < -0.4 is 4.74 Å². The van der Waals surface area contributed by atoms with E-state index in [1.807, 2.05) is 20.8 Å². The van der Waals surface area contributed by atoms with Crippen molar-refractivity contribution in [1.29, 1.82) is 0 Å². The van der Waals surface area contributed by atoms with Crippen molar-refractivity contribution in [3.8, 4) is 5.75 Å². The zero-order valence-electron chi connectivity index (χ0n) is 15.1. The Balaban J connectivity index is 2.26. The topological polar surface area (TPSA) is 82.6 Å². The van der Waals surface area contributed by atoms with Gasteiger partial charge in [-0.3, -0.25) is 4.98 Å². The van der Waals surface area contributed by atoms with Crippen molar-refractivity contribution >= 4 is 15.8 Å². The van der Waals surface area contributed by atoms with Crippen LogP contribution in [-0.4, -0.2) is 43.6 Å². The highest BCUT2D eigenvalue weighted by Gasteiger charge is 2.35. The second kappa shape index (κ2) is 7.99. The van der Waals surface area contributed by atoms with E-state index in [0.717, 1.165) is 0 Å². The lowest BCUT2D eigenvalue weighted by molar-refractivity contribution is -0.136. The van der Waals surface area contributed by atoms with Crippen LogP contribution in [0.25, 0.3) is 0 Å². The van der Waals surface area contributed by atoms with Crippen LogP contribution in [0.4, 0.5) is 0 Å². The zero-order chi connectivity index (χ0) is 18.6. The molecule has 138 valence electrons. The molecule has 2 heterocycles. The normalized spacial score (nSPS) is 17.2. The maximum atomic E-state index is 12.3. The minimum absolute atomic E-state index is 0.124. The Morgan fingerprint density at radius 3 is 2.60 bits per heavy atom. The van der Waals surface area contributed by atoms with Crippen molar-refractivity contribution in [1.82, 2.24) is 4.98 Å². The van der Waals surface area contributed by atoms with Crippen LogP contribution in [0.5, 0.6) is 5.75 Å². The van der Waals surface area contributed by atoms with E-state index in [-0.39, 0.29) is 18.5 Å². The predicted octanol–water partition coefficient (Wildman–Crippen LogP) is 2.47. The van der Waals surface area contributed by atoms with Crippen LogP contribution in [0.3, 0.4) is 0 Å². The summed E-state index contributed by atoms with van der Waals surface area (Å²) in [5, 5.41) is -0.676. The van der Waals surface area contributed by atoms with Gasteiger partial charge in [0.05, 0.1) is 5.69 Å². The third-order valence-electron chi connectivity index (χ3n) is 4.26. The molecule has 0 aliphatic carbocycles. The molecule has 1 aliphatic rings. The summed E-state index contributed by atoms with van der Waals surface area (Å²) in [4.78, 5) is 15.8. The molecule has 0 N–H and O–H groups in total. The third kappa shape index (κ3) is 5.04. The SMILES string of the molecule is Cc1ncccc1OC(CCC1=CCOC1=O)C(C(C)C)S(C)(=O)=O. The fourth-order valence-electron chi connectivity index (χ4n) is 3.14. The lowest BCUT2D eigenvalue weighted by Gasteiger charge is -2.29. The molecule has 2 rings (SSSR count). The van der Waals surface area contributed by atoms with E-state index in [1.165, 1.54) is 6.26 Å². The van der Waals surface area contributed by atoms with Crippen molar-refractivity contribution in [2.75, 3.05) is 12.9 Å². The summed E-state index contributed by atoms with van der Waals surface area (Å²) in [7, 11) is -3.34. The Labute approximate surface area is 149 Å². The molecular weight excluding hydrogens is 342 g/mol. The third-order valence-corrected chi connectivity index (χ3v) is 6.10. The van der Waals surface area contributed by atoms with E-state index in [1.54, 1.807) is 24.4 Å². The number of carbonyl (C=O) groups is 1. The van der Waals surface area contributed by atoms with Crippen molar-refractivity contribution in [2.45, 2.75) is 45.0 Å². The zero-order valence-corrected chi connectivity index (χ0v) is 15.9. The van der Waals surface area contributed by atoms with Crippen LogP contribution in [-0.2, 0) is 19.4 Å². The highest BCUT2D eigenvalue weighted by Crippen LogP contribution is 2.27.